The second kappa shape index (κ2) is 12.2. The van der Waals surface area contributed by atoms with Crippen LogP contribution in [0, 0.1) is 0 Å². The number of phenols is 1. The van der Waals surface area contributed by atoms with Crippen LogP contribution in [0.2, 0.25) is 10.0 Å². The molecule has 0 saturated carbocycles. The Labute approximate surface area is 251 Å². The number of azo groups is 2. The largest absolute Gasteiger partial charge is 0.508 e. The Morgan fingerprint density at radius 1 is 0.476 bits per heavy atom. The normalized spacial score (nSPS) is 11.5. The topological polar surface area (TPSA) is 98.3 Å². The van der Waals surface area contributed by atoms with Crippen molar-refractivity contribution < 1.29 is 5.11 Å². The van der Waals surface area contributed by atoms with E-state index >= 15 is 0 Å². The van der Waals surface area contributed by atoms with Gasteiger partial charge in [-0.3, -0.25) is 0 Å². The Kier molecular flexibility index (Phi) is 7.85. The van der Waals surface area contributed by atoms with Crippen molar-refractivity contribution in [3.05, 3.63) is 131 Å². The highest BCUT2D eigenvalue weighted by molar-refractivity contribution is 6.30. The first-order valence-electron chi connectivity index (χ1n) is 13.0. The van der Waals surface area contributed by atoms with Gasteiger partial charge in [0.25, 0.3) is 0 Å². The van der Waals surface area contributed by atoms with Crippen molar-refractivity contribution in [1.29, 1.82) is 0 Å². The second-order valence-electron chi connectivity index (χ2n) is 9.30. The first-order chi connectivity index (χ1) is 20.5. The zero-order valence-electron chi connectivity index (χ0n) is 22.0. The van der Waals surface area contributed by atoms with E-state index in [1.54, 1.807) is 36.4 Å². The third-order valence-electron chi connectivity index (χ3n) is 6.36. The molecule has 0 aliphatic carbocycles. The van der Waals surface area contributed by atoms with Gasteiger partial charge in [0, 0.05) is 26.7 Å². The molecule has 0 unspecified atom stereocenters. The van der Waals surface area contributed by atoms with Crippen LogP contribution >= 0.6 is 23.2 Å². The number of aromatic amines is 1. The summed E-state index contributed by atoms with van der Waals surface area (Å²) >= 11 is 11.9. The molecule has 9 heteroatoms. The predicted octanol–water partition coefficient (Wildman–Crippen LogP) is 11.3. The van der Waals surface area contributed by atoms with Crippen LogP contribution in [-0.4, -0.2) is 15.1 Å². The minimum Gasteiger partial charge on any atom is -0.508 e. The van der Waals surface area contributed by atoms with E-state index in [-0.39, 0.29) is 5.75 Å². The zero-order valence-corrected chi connectivity index (χ0v) is 23.5. The molecule has 1 aromatic heterocycles. The van der Waals surface area contributed by atoms with Gasteiger partial charge in [-0.05, 0) is 97.1 Å². The number of rotatable bonds is 7. The van der Waals surface area contributed by atoms with Crippen molar-refractivity contribution in [1.82, 2.24) is 9.97 Å². The van der Waals surface area contributed by atoms with Gasteiger partial charge in [0.1, 0.15) is 11.6 Å². The lowest BCUT2D eigenvalue weighted by atomic mass is 10.0. The summed E-state index contributed by atoms with van der Waals surface area (Å²) in [6.07, 6.45) is 0. The van der Waals surface area contributed by atoms with E-state index in [4.69, 9.17) is 28.2 Å². The van der Waals surface area contributed by atoms with Crippen molar-refractivity contribution in [3.63, 3.8) is 0 Å². The van der Waals surface area contributed by atoms with Crippen molar-refractivity contribution in [3.8, 4) is 39.7 Å². The fourth-order valence-corrected chi connectivity index (χ4v) is 4.43. The molecule has 42 heavy (non-hydrogen) atoms. The van der Waals surface area contributed by atoms with Crippen LogP contribution in [0.3, 0.4) is 0 Å². The molecule has 0 aliphatic rings. The number of imidazole rings is 1. The number of H-pyrrole nitrogens is 1. The van der Waals surface area contributed by atoms with Gasteiger partial charge < -0.3 is 10.1 Å². The molecule has 7 nitrogen and oxygen atoms in total. The van der Waals surface area contributed by atoms with Crippen molar-refractivity contribution in [2.75, 3.05) is 0 Å². The number of halogens is 2. The van der Waals surface area contributed by atoms with Crippen LogP contribution in [0.5, 0.6) is 5.75 Å². The summed E-state index contributed by atoms with van der Waals surface area (Å²) in [5.74, 6) is 0.871. The minimum atomic E-state index is 0.192. The fourth-order valence-electron chi connectivity index (χ4n) is 4.17. The number of nitrogens with one attached hydrogen (secondary N) is 1. The molecule has 0 saturated heterocycles. The number of hydrogen-bond donors (Lipinski definition) is 2. The summed E-state index contributed by atoms with van der Waals surface area (Å²) in [5.41, 5.74) is 7.15. The third-order valence-corrected chi connectivity index (χ3v) is 6.86. The van der Waals surface area contributed by atoms with Gasteiger partial charge in [-0.2, -0.15) is 20.5 Å². The van der Waals surface area contributed by atoms with Gasteiger partial charge in [-0.1, -0.05) is 47.5 Å². The van der Waals surface area contributed by atoms with Crippen LogP contribution in [0.25, 0.3) is 33.9 Å². The summed E-state index contributed by atoms with van der Waals surface area (Å²) in [7, 11) is 0. The van der Waals surface area contributed by atoms with E-state index in [2.05, 4.69) is 25.4 Å². The van der Waals surface area contributed by atoms with Crippen LogP contribution in [0.1, 0.15) is 0 Å². The highest BCUT2D eigenvalue weighted by Crippen LogP contribution is 2.35. The van der Waals surface area contributed by atoms with E-state index < -0.39 is 0 Å². The summed E-state index contributed by atoms with van der Waals surface area (Å²) < 4.78 is 0. The molecule has 0 fully saturated rings. The molecule has 204 valence electrons. The maximum absolute atomic E-state index is 9.75. The summed E-state index contributed by atoms with van der Waals surface area (Å²) in [6, 6.07) is 36.7. The highest BCUT2D eigenvalue weighted by atomic mass is 35.5. The van der Waals surface area contributed by atoms with Crippen LogP contribution in [0.4, 0.5) is 22.7 Å². The first kappa shape index (κ1) is 27.1. The summed E-state index contributed by atoms with van der Waals surface area (Å²) in [4.78, 5) is 8.41. The lowest BCUT2D eigenvalue weighted by Crippen LogP contribution is -1.83. The predicted molar refractivity (Wildman–Crippen MR) is 168 cm³/mol. The molecule has 0 atom stereocenters. The number of hydrogen-bond acceptors (Lipinski definition) is 6. The van der Waals surface area contributed by atoms with E-state index in [9.17, 15) is 5.11 Å². The van der Waals surface area contributed by atoms with E-state index in [0.717, 1.165) is 28.1 Å². The van der Waals surface area contributed by atoms with E-state index in [0.29, 0.717) is 38.6 Å². The maximum atomic E-state index is 9.75. The molecule has 6 aromatic rings. The quantitative estimate of drug-likeness (QED) is 0.181. The molecule has 0 radical (unpaired) electrons. The van der Waals surface area contributed by atoms with Gasteiger partial charge in [0.2, 0.25) is 0 Å². The average Bonchev–Trinajstić information content (AvgIpc) is 3.47. The van der Waals surface area contributed by atoms with Crippen molar-refractivity contribution >= 4 is 46.0 Å². The lowest BCUT2D eigenvalue weighted by Gasteiger charge is -2.04. The maximum Gasteiger partial charge on any atom is 0.138 e. The fraction of sp³-hybridized carbons (Fsp3) is 0. The van der Waals surface area contributed by atoms with Gasteiger partial charge in [0.15, 0.2) is 0 Å². The average molecular weight is 589 g/mol. The van der Waals surface area contributed by atoms with Gasteiger partial charge >= 0.3 is 0 Å². The van der Waals surface area contributed by atoms with Crippen LogP contribution < -0.4 is 0 Å². The van der Waals surface area contributed by atoms with Crippen LogP contribution in [-0.2, 0) is 0 Å². The molecular weight excluding hydrogens is 567 g/mol. The third kappa shape index (κ3) is 6.44. The molecule has 0 spiro atoms. The standard InChI is InChI=1S/C33H22Cl2N6O/c34-24-7-15-28(16-8-24)40-38-26-11-1-21(2-12-26)31-32(37-33(36-31)23-5-19-30(42)20-6-23)22-3-13-27(14-4-22)39-41-29-17-9-25(35)10-18-29/h1-20,42H,(H,36,37). The monoisotopic (exact) mass is 588 g/mol. The molecular formula is C33H22Cl2N6O. The number of aromatic nitrogens is 2. The van der Waals surface area contributed by atoms with Gasteiger partial charge in [-0.25, -0.2) is 4.98 Å². The Morgan fingerprint density at radius 2 is 0.857 bits per heavy atom. The van der Waals surface area contributed by atoms with E-state index in [1.807, 2.05) is 84.9 Å². The number of benzene rings is 5. The molecule has 1 heterocycles. The zero-order chi connectivity index (χ0) is 28.9. The molecule has 0 bridgehead atoms. The number of aromatic hydroxyl groups is 1. The lowest BCUT2D eigenvalue weighted by molar-refractivity contribution is 0.475. The smallest absolute Gasteiger partial charge is 0.138 e. The molecule has 0 amide bonds. The molecule has 6 rings (SSSR count). The number of phenolic OH excluding ortho intramolecular Hbond substituents is 1. The Bertz CT molecular complexity index is 1750. The Morgan fingerprint density at radius 3 is 1.31 bits per heavy atom. The van der Waals surface area contributed by atoms with E-state index in [1.165, 1.54) is 0 Å². The number of nitrogens with zero attached hydrogens (tertiary/aromatic N) is 5. The molecule has 5 aromatic carbocycles. The van der Waals surface area contributed by atoms with Crippen LogP contribution in [0.15, 0.2) is 142 Å². The molecule has 0 aliphatic heterocycles. The molecule has 2 N–H and O–H groups in total. The van der Waals surface area contributed by atoms with Crippen molar-refractivity contribution in [2.45, 2.75) is 0 Å². The van der Waals surface area contributed by atoms with Gasteiger partial charge in [-0.15, -0.1) is 0 Å². The summed E-state index contributed by atoms with van der Waals surface area (Å²) in [6.45, 7) is 0. The summed E-state index contributed by atoms with van der Waals surface area (Å²) in [5, 5.41) is 28.3. The SMILES string of the molecule is Oc1ccc(-c2nc(-c3ccc(N=Nc4ccc(Cl)cc4)cc3)c(-c3ccc(N=Nc4ccc(Cl)cc4)cc3)[nH]2)cc1. The van der Waals surface area contributed by atoms with Gasteiger partial charge in [0.05, 0.1) is 34.1 Å². The first-order valence-corrected chi connectivity index (χ1v) is 13.7. The Hall–Kier alpha value is -5.11. The highest BCUT2D eigenvalue weighted by Gasteiger charge is 2.16. The second-order valence-corrected chi connectivity index (χ2v) is 10.2. The van der Waals surface area contributed by atoms with Crippen molar-refractivity contribution in [2.24, 2.45) is 20.5 Å². The Balaban J connectivity index is 1.31. The minimum absolute atomic E-state index is 0.192.